The Morgan fingerprint density at radius 1 is 1.31 bits per heavy atom. The molecule has 5 nitrogen and oxygen atoms in total. The predicted octanol–water partition coefficient (Wildman–Crippen LogP) is 3.68. The molecule has 1 fully saturated rings. The molecular formula is C20H25FN4O. The molecule has 138 valence electrons. The Labute approximate surface area is 153 Å². The van der Waals surface area contributed by atoms with Crippen LogP contribution >= 0.6 is 0 Å². The average Bonchev–Trinajstić information content (AvgIpc) is 2.69. The van der Waals surface area contributed by atoms with Crippen LogP contribution in [0.15, 0.2) is 36.7 Å². The summed E-state index contributed by atoms with van der Waals surface area (Å²) in [7, 11) is 0. The average molecular weight is 356 g/mol. The quantitative estimate of drug-likeness (QED) is 0.858. The molecule has 3 rings (SSSR count). The van der Waals surface area contributed by atoms with Gasteiger partial charge >= 0.3 is 0 Å². The van der Waals surface area contributed by atoms with E-state index in [1.54, 1.807) is 18.2 Å². The molecule has 1 atom stereocenters. The Balaban J connectivity index is 1.62. The molecule has 1 unspecified atom stereocenters. The number of likely N-dealkylation sites (tertiary alicyclic amines) is 1. The van der Waals surface area contributed by atoms with Crippen LogP contribution in [0.2, 0.25) is 0 Å². The van der Waals surface area contributed by atoms with E-state index in [0.29, 0.717) is 36.1 Å². The van der Waals surface area contributed by atoms with E-state index in [0.717, 1.165) is 25.8 Å². The second kappa shape index (κ2) is 8.74. The lowest BCUT2D eigenvalue weighted by Crippen LogP contribution is -2.43. The Hall–Kier alpha value is -2.50. The lowest BCUT2D eigenvalue weighted by molar-refractivity contribution is 0.0602. The van der Waals surface area contributed by atoms with Gasteiger partial charge in [0.05, 0.1) is 0 Å². The fourth-order valence-corrected chi connectivity index (χ4v) is 3.44. The molecule has 0 aliphatic carbocycles. The van der Waals surface area contributed by atoms with Gasteiger partial charge in [-0.05, 0) is 43.7 Å². The monoisotopic (exact) mass is 356 g/mol. The lowest BCUT2D eigenvalue weighted by Gasteiger charge is -2.35. The number of piperidine rings is 1. The summed E-state index contributed by atoms with van der Waals surface area (Å²) < 4.78 is 13.7. The minimum absolute atomic E-state index is 0.0314. The number of nitrogens with zero attached hydrogens (tertiary/aromatic N) is 3. The van der Waals surface area contributed by atoms with Crippen LogP contribution in [0, 0.1) is 5.82 Å². The normalized spacial score (nSPS) is 17.2. The summed E-state index contributed by atoms with van der Waals surface area (Å²) in [6, 6.07) is 8.71. The number of benzene rings is 1. The van der Waals surface area contributed by atoms with Gasteiger partial charge in [0.25, 0.3) is 5.91 Å². The van der Waals surface area contributed by atoms with Gasteiger partial charge in [0, 0.05) is 25.2 Å². The zero-order valence-corrected chi connectivity index (χ0v) is 15.1. The van der Waals surface area contributed by atoms with Crippen molar-refractivity contribution in [2.75, 3.05) is 18.4 Å². The Morgan fingerprint density at radius 2 is 2.15 bits per heavy atom. The maximum Gasteiger partial charge on any atom is 0.272 e. The van der Waals surface area contributed by atoms with E-state index in [2.05, 4.69) is 22.2 Å². The SMILES string of the molecule is CCC1CCCCN1C(=O)c1cc(NCCc2ccccc2F)ncn1. The van der Waals surface area contributed by atoms with Crippen molar-refractivity contribution in [1.29, 1.82) is 0 Å². The number of nitrogens with one attached hydrogen (secondary N) is 1. The van der Waals surface area contributed by atoms with Gasteiger partial charge in [-0.3, -0.25) is 4.79 Å². The fourth-order valence-electron chi connectivity index (χ4n) is 3.44. The predicted molar refractivity (Wildman–Crippen MR) is 99.6 cm³/mol. The lowest BCUT2D eigenvalue weighted by atomic mass is 9.99. The number of hydrogen-bond donors (Lipinski definition) is 1. The van der Waals surface area contributed by atoms with E-state index < -0.39 is 0 Å². The van der Waals surface area contributed by atoms with Crippen molar-refractivity contribution in [2.45, 2.75) is 45.1 Å². The van der Waals surface area contributed by atoms with Crippen LogP contribution in [0.3, 0.4) is 0 Å². The number of aromatic nitrogens is 2. The molecule has 2 heterocycles. The summed E-state index contributed by atoms with van der Waals surface area (Å²) in [5.41, 5.74) is 1.07. The third-order valence-electron chi connectivity index (χ3n) is 4.90. The molecule has 1 N–H and O–H groups in total. The first-order chi connectivity index (χ1) is 12.7. The molecule has 1 aromatic heterocycles. The highest BCUT2D eigenvalue weighted by Crippen LogP contribution is 2.21. The highest BCUT2D eigenvalue weighted by Gasteiger charge is 2.27. The minimum Gasteiger partial charge on any atom is -0.370 e. The van der Waals surface area contributed by atoms with Crippen LogP contribution in [0.5, 0.6) is 0 Å². The van der Waals surface area contributed by atoms with Crippen LogP contribution in [-0.4, -0.2) is 39.9 Å². The highest BCUT2D eigenvalue weighted by molar-refractivity contribution is 5.93. The van der Waals surface area contributed by atoms with Crippen LogP contribution in [-0.2, 0) is 6.42 Å². The summed E-state index contributed by atoms with van der Waals surface area (Å²) in [5, 5.41) is 3.16. The molecule has 1 aliphatic heterocycles. The van der Waals surface area contributed by atoms with E-state index >= 15 is 0 Å². The number of carbonyl (C=O) groups excluding carboxylic acids is 1. The van der Waals surface area contributed by atoms with Gasteiger partial charge in [-0.1, -0.05) is 25.1 Å². The number of halogens is 1. The van der Waals surface area contributed by atoms with Crippen LogP contribution in [0.4, 0.5) is 10.2 Å². The summed E-state index contributed by atoms with van der Waals surface area (Å²) >= 11 is 0. The number of amides is 1. The van der Waals surface area contributed by atoms with Gasteiger partial charge in [0.1, 0.15) is 23.7 Å². The Bertz CT molecular complexity index is 752. The topological polar surface area (TPSA) is 58.1 Å². The molecule has 0 saturated carbocycles. The molecule has 1 saturated heterocycles. The largest absolute Gasteiger partial charge is 0.370 e. The van der Waals surface area contributed by atoms with Gasteiger partial charge in [-0.25, -0.2) is 14.4 Å². The van der Waals surface area contributed by atoms with Crippen molar-refractivity contribution in [3.63, 3.8) is 0 Å². The third-order valence-corrected chi connectivity index (χ3v) is 4.90. The highest BCUT2D eigenvalue weighted by atomic mass is 19.1. The van der Waals surface area contributed by atoms with Crippen molar-refractivity contribution in [3.05, 3.63) is 53.7 Å². The second-order valence-corrected chi connectivity index (χ2v) is 6.61. The number of hydrogen-bond acceptors (Lipinski definition) is 4. The minimum atomic E-state index is -0.205. The van der Waals surface area contributed by atoms with Crippen molar-refractivity contribution in [3.8, 4) is 0 Å². The fraction of sp³-hybridized carbons (Fsp3) is 0.450. The molecule has 1 aliphatic rings. The van der Waals surface area contributed by atoms with E-state index in [4.69, 9.17) is 0 Å². The molecule has 0 bridgehead atoms. The first-order valence-corrected chi connectivity index (χ1v) is 9.29. The molecule has 1 amide bonds. The van der Waals surface area contributed by atoms with Gasteiger partial charge in [-0.2, -0.15) is 0 Å². The van der Waals surface area contributed by atoms with Crippen LogP contribution in [0.25, 0.3) is 0 Å². The zero-order valence-electron chi connectivity index (χ0n) is 15.1. The maximum atomic E-state index is 13.7. The molecule has 0 radical (unpaired) electrons. The zero-order chi connectivity index (χ0) is 18.4. The van der Waals surface area contributed by atoms with Crippen molar-refractivity contribution < 1.29 is 9.18 Å². The molecule has 2 aromatic rings. The number of anilines is 1. The third kappa shape index (κ3) is 4.36. The standard InChI is InChI=1S/C20H25FN4O/c1-2-16-8-5-6-12-25(16)20(26)18-13-19(24-14-23-18)22-11-10-15-7-3-4-9-17(15)21/h3-4,7,9,13-14,16H,2,5-6,8,10-12H2,1H3,(H,22,23,24). The van der Waals surface area contributed by atoms with Gasteiger partial charge in [0.15, 0.2) is 0 Å². The van der Waals surface area contributed by atoms with Gasteiger partial charge in [0.2, 0.25) is 0 Å². The molecule has 1 aromatic carbocycles. The summed E-state index contributed by atoms with van der Waals surface area (Å²) in [5.74, 6) is 0.351. The summed E-state index contributed by atoms with van der Waals surface area (Å²) in [4.78, 5) is 23.1. The summed E-state index contributed by atoms with van der Waals surface area (Å²) in [6.07, 6.45) is 6.19. The molecule has 0 spiro atoms. The van der Waals surface area contributed by atoms with Crippen LogP contribution in [0.1, 0.15) is 48.7 Å². The second-order valence-electron chi connectivity index (χ2n) is 6.61. The van der Waals surface area contributed by atoms with Crippen molar-refractivity contribution >= 4 is 11.7 Å². The number of rotatable bonds is 6. The maximum absolute atomic E-state index is 13.7. The van der Waals surface area contributed by atoms with Crippen LogP contribution < -0.4 is 5.32 Å². The molecule has 26 heavy (non-hydrogen) atoms. The molecular weight excluding hydrogens is 331 g/mol. The first-order valence-electron chi connectivity index (χ1n) is 9.29. The number of carbonyl (C=O) groups is 1. The van der Waals surface area contributed by atoms with E-state index in [1.807, 2.05) is 11.0 Å². The van der Waals surface area contributed by atoms with E-state index in [9.17, 15) is 9.18 Å². The smallest absolute Gasteiger partial charge is 0.272 e. The Morgan fingerprint density at radius 3 is 2.96 bits per heavy atom. The van der Waals surface area contributed by atoms with Gasteiger partial charge < -0.3 is 10.2 Å². The molecule has 6 heteroatoms. The Kier molecular flexibility index (Phi) is 6.15. The van der Waals surface area contributed by atoms with Gasteiger partial charge in [-0.15, -0.1) is 0 Å². The summed E-state index contributed by atoms with van der Waals surface area (Å²) in [6.45, 7) is 3.44. The van der Waals surface area contributed by atoms with Crippen molar-refractivity contribution in [1.82, 2.24) is 14.9 Å². The van der Waals surface area contributed by atoms with Crippen molar-refractivity contribution in [2.24, 2.45) is 0 Å². The van der Waals surface area contributed by atoms with E-state index in [-0.39, 0.29) is 11.7 Å². The first kappa shape index (κ1) is 18.3. The van der Waals surface area contributed by atoms with E-state index in [1.165, 1.54) is 18.8 Å².